The molecule has 3 aromatic heterocycles. The summed E-state index contributed by atoms with van der Waals surface area (Å²) in [5.41, 5.74) is 5.94. The lowest BCUT2D eigenvalue weighted by molar-refractivity contribution is 0.240. The van der Waals surface area contributed by atoms with Gasteiger partial charge in [0.2, 0.25) is 17.7 Å². The molecule has 5 rings (SSSR count). The van der Waals surface area contributed by atoms with Gasteiger partial charge in [0.15, 0.2) is 5.76 Å². The van der Waals surface area contributed by atoms with E-state index in [0.29, 0.717) is 42.8 Å². The topological polar surface area (TPSA) is 102 Å². The van der Waals surface area contributed by atoms with E-state index in [2.05, 4.69) is 20.1 Å². The minimum absolute atomic E-state index is 0.00328. The van der Waals surface area contributed by atoms with Crippen LogP contribution < -0.4 is 10.6 Å². The molecule has 0 radical (unpaired) electrons. The SMILES string of the molecule is CN(CC1CCCN1Cc1c(F)cc(F)cc1F)c1nc(N)n2nc(-c3ccco3)nc2n1. The van der Waals surface area contributed by atoms with Crippen molar-refractivity contribution >= 4 is 17.7 Å². The average molecular weight is 458 g/mol. The number of likely N-dealkylation sites (tertiary alicyclic amines) is 1. The van der Waals surface area contributed by atoms with Crippen LogP contribution in [0.1, 0.15) is 18.4 Å². The number of anilines is 2. The van der Waals surface area contributed by atoms with E-state index in [1.807, 2.05) is 16.8 Å². The summed E-state index contributed by atoms with van der Waals surface area (Å²) in [7, 11) is 1.81. The molecule has 1 aliphatic heterocycles. The normalized spacial score (nSPS) is 16.7. The van der Waals surface area contributed by atoms with Gasteiger partial charge in [0.05, 0.1) is 6.26 Å². The lowest BCUT2D eigenvalue weighted by Gasteiger charge is -2.29. The maximum Gasteiger partial charge on any atom is 0.259 e. The number of nitrogens with two attached hydrogens (primary N) is 1. The molecule has 4 aromatic rings. The number of halogens is 3. The molecule has 1 fully saturated rings. The highest BCUT2D eigenvalue weighted by Gasteiger charge is 2.28. The first-order valence-electron chi connectivity index (χ1n) is 10.4. The fourth-order valence-corrected chi connectivity index (χ4v) is 4.11. The van der Waals surface area contributed by atoms with Crippen LogP contribution in [0.15, 0.2) is 34.9 Å². The molecule has 0 saturated carbocycles. The Kier molecular flexibility index (Phi) is 5.36. The first kappa shape index (κ1) is 21.2. The van der Waals surface area contributed by atoms with Gasteiger partial charge in [-0.15, -0.1) is 5.10 Å². The van der Waals surface area contributed by atoms with Crippen molar-refractivity contribution < 1.29 is 17.6 Å². The third kappa shape index (κ3) is 4.09. The Morgan fingerprint density at radius 2 is 1.97 bits per heavy atom. The van der Waals surface area contributed by atoms with E-state index in [1.54, 1.807) is 12.1 Å². The van der Waals surface area contributed by atoms with Crippen LogP contribution in [-0.2, 0) is 6.54 Å². The zero-order valence-corrected chi connectivity index (χ0v) is 17.7. The van der Waals surface area contributed by atoms with E-state index in [4.69, 9.17) is 10.2 Å². The fraction of sp³-hybridized carbons (Fsp3) is 0.333. The van der Waals surface area contributed by atoms with Crippen molar-refractivity contribution in [3.05, 3.63) is 53.5 Å². The van der Waals surface area contributed by atoms with E-state index in [9.17, 15) is 13.2 Å². The molecule has 172 valence electrons. The zero-order chi connectivity index (χ0) is 23.1. The molecule has 12 heteroatoms. The van der Waals surface area contributed by atoms with Gasteiger partial charge in [0.25, 0.3) is 5.78 Å². The highest BCUT2D eigenvalue weighted by atomic mass is 19.1. The molecular formula is C21H21F3N8O. The number of rotatable bonds is 6. The van der Waals surface area contributed by atoms with Gasteiger partial charge in [-0.25, -0.2) is 13.2 Å². The van der Waals surface area contributed by atoms with E-state index < -0.39 is 17.5 Å². The Bertz CT molecular complexity index is 1270. The lowest BCUT2D eigenvalue weighted by atomic mass is 10.1. The summed E-state index contributed by atoms with van der Waals surface area (Å²) in [5, 5.41) is 4.28. The largest absolute Gasteiger partial charge is 0.461 e. The molecule has 4 heterocycles. The number of hydrogen-bond acceptors (Lipinski definition) is 8. The van der Waals surface area contributed by atoms with Crippen LogP contribution in [0.3, 0.4) is 0 Å². The van der Waals surface area contributed by atoms with Crippen molar-refractivity contribution in [2.24, 2.45) is 0 Å². The van der Waals surface area contributed by atoms with Crippen LogP contribution in [0.25, 0.3) is 17.4 Å². The summed E-state index contributed by atoms with van der Waals surface area (Å²) in [5.74, 6) is -1.13. The molecule has 1 atom stereocenters. The molecule has 33 heavy (non-hydrogen) atoms. The first-order valence-corrected chi connectivity index (χ1v) is 10.4. The second-order valence-corrected chi connectivity index (χ2v) is 8.00. The number of fused-ring (bicyclic) bond motifs is 1. The predicted molar refractivity (Wildman–Crippen MR) is 114 cm³/mol. The summed E-state index contributed by atoms with van der Waals surface area (Å²) < 4.78 is 48.2. The quantitative estimate of drug-likeness (QED) is 0.471. The maximum absolute atomic E-state index is 14.1. The van der Waals surface area contributed by atoms with Crippen molar-refractivity contribution in [2.75, 3.05) is 30.8 Å². The van der Waals surface area contributed by atoms with Gasteiger partial charge in [-0.2, -0.15) is 19.5 Å². The van der Waals surface area contributed by atoms with E-state index >= 15 is 0 Å². The zero-order valence-electron chi connectivity index (χ0n) is 17.7. The maximum atomic E-state index is 14.1. The molecule has 9 nitrogen and oxygen atoms in total. The van der Waals surface area contributed by atoms with Crippen LogP contribution in [-0.4, -0.2) is 55.6 Å². The Morgan fingerprint density at radius 3 is 2.70 bits per heavy atom. The van der Waals surface area contributed by atoms with Gasteiger partial charge >= 0.3 is 0 Å². The third-order valence-electron chi connectivity index (χ3n) is 5.76. The number of aromatic nitrogens is 5. The summed E-state index contributed by atoms with van der Waals surface area (Å²) in [6.07, 6.45) is 3.23. The van der Waals surface area contributed by atoms with Crippen molar-refractivity contribution in [1.29, 1.82) is 0 Å². The van der Waals surface area contributed by atoms with Crippen LogP contribution >= 0.6 is 0 Å². The minimum Gasteiger partial charge on any atom is -0.461 e. The standard InChI is InChI=1S/C21H21F3N8O/c1-30(10-13-4-2-6-31(13)11-14-15(23)8-12(22)9-16(14)24)20-27-19(25)32-21(28-20)26-18(29-32)17-5-3-7-33-17/h3,5,7-9,13H,2,4,6,10-11H2,1H3,(H2,25,26,27,28,29). The van der Waals surface area contributed by atoms with Crippen molar-refractivity contribution in [3.63, 3.8) is 0 Å². The molecule has 1 saturated heterocycles. The highest BCUT2D eigenvalue weighted by Crippen LogP contribution is 2.25. The first-order chi connectivity index (χ1) is 15.9. The summed E-state index contributed by atoms with van der Waals surface area (Å²) in [6.45, 7) is 1.22. The number of furan rings is 1. The van der Waals surface area contributed by atoms with Gasteiger partial charge in [0, 0.05) is 43.9 Å². The average Bonchev–Trinajstić information content (AvgIpc) is 3.51. The summed E-state index contributed by atoms with van der Waals surface area (Å²) in [4.78, 5) is 16.9. The smallest absolute Gasteiger partial charge is 0.259 e. The van der Waals surface area contributed by atoms with Crippen molar-refractivity contribution in [1.82, 2.24) is 29.5 Å². The summed E-state index contributed by atoms with van der Waals surface area (Å²) in [6, 6.07) is 4.86. The predicted octanol–water partition coefficient (Wildman–Crippen LogP) is 2.88. The van der Waals surface area contributed by atoms with Gasteiger partial charge < -0.3 is 15.1 Å². The van der Waals surface area contributed by atoms with Crippen LogP contribution in [0.4, 0.5) is 25.1 Å². The van der Waals surface area contributed by atoms with Gasteiger partial charge in [-0.05, 0) is 31.5 Å². The molecule has 1 unspecified atom stereocenters. The van der Waals surface area contributed by atoms with Crippen molar-refractivity contribution in [2.45, 2.75) is 25.4 Å². The minimum atomic E-state index is -0.930. The summed E-state index contributed by atoms with van der Waals surface area (Å²) >= 11 is 0. The number of nitrogen functional groups attached to an aromatic ring is 1. The van der Waals surface area contributed by atoms with E-state index in [1.165, 1.54) is 10.8 Å². The molecule has 2 N–H and O–H groups in total. The molecule has 0 aliphatic carbocycles. The lowest BCUT2D eigenvalue weighted by Crippen LogP contribution is -2.39. The van der Waals surface area contributed by atoms with E-state index in [-0.39, 0.29) is 29.9 Å². The highest BCUT2D eigenvalue weighted by molar-refractivity contribution is 5.53. The van der Waals surface area contributed by atoms with E-state index in [0.717, 1.165) is 12.8 Å². The number of hydrogen-bond donors (Lipinski definition) is 1. The van der Waals surface area contributed by atoms with Crippen LogP contribution in [0.5, 0.6) is 0 Å². The molecule has 0 bridgehead atoms. The second kappa shape index (κ2) is 8.35. The second-order valence-electron chi connectivity index (χ2n) is 8.00. The Hall–Kier alpha value is -3.67. The molecule has 0 spiro atoms. The van der Waals surface area contributed by atoms with Crippen molar-refractivity contribution in [3.8, 4) is 11.6 Å². The molecule has 0 amide bonds. The van der Waals surface area contributed by atoms with Gasteiger partial charge in [-0.1, -0.05) is 0 Å². The Morgan fingerprint density at radius 1 is 1.18 bits per heavy atom. The van der Waals surface area contributed by atoms with Gasteiger partial charge in [-0.3, -0.25) is 4.90 Å². The Balaban J connectivity index is 1.35. The van der Waals surface area contributed by atoms with Crippen LogP contribution in [0.2, 0.25) is 0 Å². The molecule has 1 aliphatic rings. The Labute approximate surface area is 186 Å². The molecule has 1 aromatic carbocycles. The monoisotopic (exact) mass is 458 g/mol. The third-order valence-corrected chi connectivity index (χ3v) is 5.76. The number of benzene rings is 1. The number of nitrogens with zero attached hydrogens (tertiary/aromatic N) is 7. The number of likely N-dealkylation sites (N-methyl/N-ethyl adjacent to an activating group) is 1. The molecular weight excluding hydrogens is 437 g/mol. The fourth-order valence-electron chi connectivity index (χ4n) is 4.11. The van der Waals surface area contributed by atoms with Crippen LogP contribution in [0, 0.1) is 17.5 Å². The van der Waals surface area contributed by atoms with Gasteiger partial charge in [0.1, 0.15) is 17.5 Å².